The number of rotatable bonds is 9. The van der Waals surface area contributed by atoms with E-state index in [1.807, 2.05) is 36.0 Å². The average Bonchev–Trinajstić information content (AvgIpc) is 3.32. The molecule has 1 aliphatic heterocycles. The van der Waals surface area contributed by atoms with Crippen molar-refractivity contribution < 1.29 is 9.32 Å². The van der Waals surface area contributed by atoms with E-state index in [1.54, 1.807) is 0 Å². The van der Waals surface area contributed by atoms with Gasteiger partial charge in [-0.1, -0.05) is 55.4 Å². The van der Waals surface area contributed by atoms with Crippen LogP contribution in [0.4, 0.5) is 5.69 Å². The molecule has 0 saturated carbocycles. The fourth-order valence-corrected chi connectivity index (χ4v) is 4.78. The van der Waals surface area contributed by atoms with Gasteiger partial charge in [0.05, 0.1) is 0 Å². The number of hydrogen-bond donors (Lipinski definition) is 1. The molecule has 1 amide bonds. The van der Waals surface area contributed by atoms with E-state index in [9.17, 15) is 4.79 Å². The van der Waals surface area contributed by atoms with Crippen LogP contribution in [0.3, 0.4) is 0 Å². The number of carbonyl (C=O) groups is 1. The first-order valence-electron chi connectivity index (χ1n) is 11.7. The van der Waals surface area contributed by atoms with Gasteiger partial charge in [0.15, 0.2) is 0 Å². The highest BCUT2D eigenvalue weighted by molar-refractivity contribution is 7.99. The summed E-state index contributed by atoms with van der Waals surface area (Å²) in [5, 5.41) is 7.02. The fraction of sp³-hybridized carbons (Fsp3) is 0.423. The summed E-state index contributed by atoms with van der Waals surface area (Å²) in [7, 11) is 0. The maximum absolute atomic E-state index is 12.4. The van der Waals surface area contributed by atoms with Crippen molar-refractivity contribution in [2.75, 3.05) is 36.5 Å². The molecule has 1 N–H and O–H groups in total. The fourth-order valence-electron chi connectivity index (χ4n) is 3.80. The van der Waals surface area contributed by atoms with Crippen molar-refractivity contribution in [3.8, 4) is 11.4 Å². The van der Waals surface area contributed by atoms with Gasteiger partial charge in [-0.3, -0.25) is 4.79 Å². The smallest absolute Gasteiger partial charge is 0.227 e. The van der Waals surface area contributed by atoms with Gasteiger partial charge in [0.25, 0.3) is 0 Å². The molecule has 33 heavy (non-hydrogen) atoms. The lowest BCUT2D eigenvalue weighted by molar-refractivity contribution is -0.116. The topological polar surface area (TPSA) is 71.3 Å². The molecule has 0 atom stereocenters. The molecular weight excluding hydrogens is 432 g/mol. The molecule has 0 spiro atoms. The van der Waals surface area contributed by atoms with Gasteiger partial charge in [0.2, 0.25) is 17.6 Å². The largest absolute Gasteiger partial charge is 0.339 e. The van der Waals surface area contributed by atoms with Crippen molar-refractivity contribution in [1.82, 2.24) is 15.0 Å². The monoisotopic (exact) mass is 464 g/mol. The Hall–Kier alpha value is -2.64. The van der Waals surface area contributed by atoms with Crippen LogP contribution in [0.2, 0.25) is 0 Å². The summed E-state index contributed by atoms with van der Waals surface area (Å²) in [6, 6.07) is 16.3. The first-order valence-corrected chi connectivity index (χ1v) is 12.8. The van der Waals surface area contributed by atoms with Crippen LogP contribution in [0.5, 0.6) is 0 Å². The van der Waals surface area contributed by atoms with E-state index in [4.69, 9.17) is 4.52 Å². The number of hydrogen-bond acceptors (Lipinski definition) is 6. The summed E-state index contributed by atoms with van der Waals surface area (Å²) in [5.41, 5.74) is 4.30. The highest BCUT2D eigenvalue weighted by Crippen LogP contribution is 2.21. The summed E-state index contributed by atoms with van der Waals surface area (Å²) >= 11 is 2.04. The summed E-state index contributed by atoms with van der Waals surface area (Å²) in [6.07, 6.45) is 1.75. The second kappa shape index (κ2) is 11.5. The molecule has 3 aromatic rings. The number of carbonyl (C=O) groups excluding carboxylic acids is 1. The molecule has 4 rings (SSSR count). The summed E-state index contributed by atoms with van der Waals surface area (Å²) < 4.78 is 5.34. The molecule has 1 aliphatic rings. The predicted octanol–water partition coefficient (Wildman–Crippen LogP) is 5.02. The minimum absolute atomic E-state index is 0.0606. The second-order valence-corrected chi connectivity index (χ2v) is 9.96. The summed E-state index contributed by atoms with van der Waals surface area (Å²) in [5.74, 6) is 3.92. The Labute approximate surface area is 200 Å². The van der Waals surface area contributed by atoms with Crippen LogP contribution in [0.25, 0.3) is 11.4 Å². The van der Waals surface area contributed by atoms with Crippen LogP contribution in [0, 0.1) is 0 Å². The second-order valence-electron chi connectivity index (χ2n) is 8.74. The number of aryl methyl sites for hydroxylation is 1. The van der Waals surface area contributed by atoms with Gasteiger partial charge in [0.1, 0.15) is 0 Å². The van der Waals surface area contributed by atoms with E-state index >= 15 is 0 Å². The molecule has 2 heterocycles. The van der Waals surface area contributed by atoms with Crippen LogP contribution in [0.15, 0.2) is 53.1 Å². The third-order valence-electron chi connectivity index (χ3n) is 5.93. The number of nitrogens with one attached hydrogen (secondary N) is 1. The van der Waals surface area contributed by atoms with Crippen LogP contribution in [0.1, 0.15) is 43.2 Å². The van der Waals surface area contributed by atoms with Gasteiger partial charge < -0.3 is 14.7 Å². The number of aromatic nitrogens is 2. The third-order valence-corrected chi connectivity index (χ3v) is 6.87. The van der Waals surface area contributed by atoms with Gasteiger partial charge in [-0.05, 0) is 35.6 Å². The summed E-state index contributed by atoms with van der Waals surface area (Å²) in [4.78, 5) is 19.3. The van der Waals surface area contributed by atoms with Crippen LogP contribution in [-0.2, 0) is 17.6 Å². The highest BCUT2D eigenvalue weighted by atomic mass is 32.2. The van der Waals surface area contributed by atoms with Crippen LogP contribution < -0.4 is 5.32 Å². The first-order chi connectivity index (χ1) is 16.1. The molecule has 0 bridgehead atoms. The van der Waals surface area contributed by atoms with Crippen molar-refractivity contribution in [2.45, 2.75) is 39.0 Å². The molecule has 0 unspecified atom stereocenters. The maximum atomic E-state index is 12.4. The molecule has 0 aliphatic carbocycles. The minimum atomic E-state index is -0.0606. The SMILES string of the molecule is CC(C)c1ccc(-c2noc(CCC(=O)Nc3ccc(CCN4CCSCC4)cc3)n2)cc1. The lowest BCUT2D eigenvalue weighted by atomic mass is 10.0. The normalized spacial score (nSPS) is 14.5. The Balaban J connectivity index is 1.22. The van der Waals surface area contributed by atoms with Crippen LogP contribution in [-0.4, -0.2) is 52.1 Å². The van der Waals surface area contributed by atoms with E-state index in [0.29, 0.717) is 30.5 Å². The van der Waals surface area contributed by atoms with Gasteiger partial charge >= 0.3 is 0 Å². The number of anilines is 1. The zero-order valence-electron chi connectivity index (χ0n) is 19.4. The Morgan fingerprint density at radius 2 is 1.79 bits per heavy atom. The van der Waals surface area contributed by atoms with Gasteiger partial charge in [-0.15, -0.1) is 0 Å². The van der Waals surface area contributed by atoms with E-state index in [1.165, 1.54) is 35.7 Å². The minimum Gasteiger partial charge on any atom is -0.339 e. The maximum Gasteiger partial charge on any atom is 0.227 e. The van der Waals surface area contributed by atoms with Crippen molar-refractivity contribution in [2.24, 2.45) is 0 Å². The Morgan fingerprint density at radius 3 is 2.48 bits per heavy atom. The standard InChI is InChI=1S/C26H32N4O2S/c1-19(2)21-5-7-22(8-6-21)26-28-25(32-29-26)12-11-24(31)27-23-9-3-20(4-10-23)13-14-30-15-17-33-18-16-30/h3-10,19H,11-18H2,1-2H3,(H,27,31). The molecule has 2 aromatic carbocycles. The van der Waals surface area contributed by atoms with E-state index < -0.39 is 0 Å². The highest BCUT2D eigenvalue weighted by Gasteiger charge is 2.12. The third kappa shape index (κ3) is 6.92. The van der Waals surface area contributed by atoms with Crippen molar-refractivity contribution in [3.63, 3.8) is 0 Å². The quantitative estimate of drug-likeness (QED) is 0.479. The molecule has 6 nitrogen and oxygen atoms in total. The van der Waals surface area contributed by atoms with Crippen LogP contribution >= 0.6 is 11.8 Å². The van der Waals surface area contributed by atoms with E-state index in [-0.39, 0.29) is 5.91 Å². The molecule has 1 saturated heterocycles. The van der Waals surface area contributed by atoms with Crippen molar-refractivity contribution >= 4 is 23.4 Å². The number of amides is 1. The number of benzene rings is 2. The molecule has 1 aromatic heterocycles. The lowest BCUT2D eigenvalue weighted by Gasteiger charge is -2.26. The van der Waals surface area contributed by atoms with E-state index in [0.717, 1.165) is 24.2 Å². The van der Waals surface area contributed by atoms with Gasteiger partial charge in [-0.25, -0.2) is 0 Å². The molecule has 1 fully saturated rings. The Bertz CT molecular complexity index is 1030. The molecule has 0 radical (unpaired) electrons. The Morgan fingerprint density at radius 1 is 1.06 bits per heavy atom. The molecule has 7 heteroatoms. The van der Waals surface area contributed by atoms with Gasteiger partial charge in [-0.2, -0.15) is 16.7 Å². The molecular formula is C26H32N4O2S. The predicted molar refractivity (Wildman–Crippen MR) is 135 cm³/mol. The van der Waals surface area contributed by atoms with E-state index in [2.05, 4.69) is 58.5 Å². The molecule has 174 valence electrons. The Kier molecular flexibility index (Phi) is 8.18. The zero-order valence-corrected chi connectivity index (χ0v) is 20.2. The number of nitrogens with zero attached hydrogens (tertiary/aromatic N) is 3. The van der Waals surface area contributed by atoms with Crippen molar-refractivity contribution in [1.29, 1.82) is 0 Å². The van der Waals surface area contributed by atoms with Crippen molar-refractivity contribution in [3.05, 3.63) is 65.5 Å². The summed E-state index contributed by atoms with van der Waals surface area (Å²) in [6.45, 7) is 7.79. The zero-order chi connectivity index (χ0) is 23.0. The lowest BCUT2D eigenvalue weighted by Crippen LogP contribution is -2.34. The van der Waals surface area contributed by atoms with Gasteiger partial charge in [0, 0.05) is 55.2 Å². The average molecular weight is 465 g/mol. The first kappa shape index (κ1) is 23.5. The number of thioether (sulfide) groups is 1.